The second kappa shape index (κ2) is 11.3. The molecule has 2 aliphatic rings. The van der Waals surface area contributed by atoms with Crippen LogP contribution in [0.5, 0.6) is 0 Å². The van der Waals surface area contributed by atoms with Crippen molar-refractivity contribution in [3.8, 4) is 0 Å². The summed E-state index contributed by atoms with van der Waals surface area (Å²) < 4.78 is 13.5. The van der Waals surface area contributed by atoms with Crippen LogP contribution in [0.4, 0.5) is 4.39 Å². The summed E-state index contributed by atoms with van der Waals surface area (Å²) in [5.74, 6) is 0.455. The largest absolute Gasteiger partial charge is 0.361 e. The van der Waals surface area contributed by atoms with E-state index in [0.29, 0.717) is 31.8 Å². The Morgan fingerprint density at radius 3 is 2.44 bits per heavy atom. The first-order valence-electron chi connectivity index (χ1n) is 13.4. The summed E-state index contributed by atoms with van der Waals surface area (Å²) in [5, 5.41) is 1.16. The van der Waals surface area contributed by atoms with Crippen molar-refractivity contribution in [1.82, 2.24) is 14.8 Å². The van der Waals surface area contributed by atoms with E-state index in [9.17, 15) is 14.0 Å². The highest BCUT2D eigenvalue weighted by Gasteiger charge is 2.35. The Morgan fingerprint density at radius 1 is 0.944 bits per heavy atom. The Labute approximate surface area is 212 Å². The van der Waals surface area contributed by atoms with Crippen molar-refractivity contribution >= 4 is 22.7 Å². The Hall–Kier alpha value is -3.15. The van der Waals surface area contributed by atoms with Crippen LogP contribution in [0, 0.1) is 11.7 Å². The van der Waals surface area contributed by atoms with E-state index in [0.717, 1.165) is 41.3 Å². The zero-order valence-electron chi connectivity index (χ0n) is 20.9. The number of halogens is 1. The van der Waals surface area contributed by atoms with Crippen LogP contribution in [0.1, 0.15) is 62.5 Å². The minimum Gasteiger partial charge on any atom is -0.361 e. The van der Waals surface area contributed by atoms with E-state index >= 15 is 0 Å². The van der Waals surface area contributed by atoms with E-state index in [2.05, 4.69) is 11.1 Å². The van der Waals surface area contributed by atoms with Crippen molar-refractivity contribution < 1.29 is 14.0 Å². The SMILES string of the molecule is O=C(CN(C(=O)CCC1CCCC1)C1CC1)N(CCc1c[nH]c2ccccc12)Cc1ccc(F)cc1. The maximum absolute atomic E-state index is 13.6. The van der Waals surface area contributed by atoms with Gasteiger partial charge in [0.25, 0.3) is 0 Å². The van der Waals surface area contributed by atoms with E-state index in [4.69, 9.17) is 0 Å². The molecule has 1 N–H and O–H groups in total. The lowest BCUT2D eigenvalue weighted by molar-refractivity contribution is -0.141. The van der Waals surface area contributed by atoms with Crippen LogP contribution in [0.3, 0.4) is 0 Å². The van der Waals surface area contributed by atoms with Gasteiger partial charge in [0.15, 0.2) is 0 Å². The molecule has 1 heterocycles. The van der Waals surface area contributed by atoms with Crippen LogP contribution in [-0.2, 0) is 22.6 Å². The highest BCUT2D eigenvalue weighted by Crippen LogP contribution is 2.31. The van der Waals surface area contributed by atoms with Gasteiger partial charge in [0.1, 0.15) is 12.4 Å². The number of H-pyrrole nitrogens is 1. The topological polar surface area (TPSA) is 56.4 Å². The highest BCUT2D eigenvalue weighted by atomic mass is 19.1. The molecule has 5 nitrogen and oxygen atoms in total. The van der Waals surface area contributed by atoms with E-state index in [1.807, 2.05) is 34.2 Å². The second-order valence-electron chi connectivity index (χ2n) is 10.5. The number of para-hydroxylation sites is 1. The minimum absolute atomic E-state index is 0.0414. The molecule has 3 aromatic rings. The van der Waals surface area contributed by atoms with Crippen molar-refractivity contribution in [3.05, 3.63) is 71.7 Å². The van der Waals surface area contributed by atoms with Crippen LogP contribution in [0.15, 0.2) is 54.7 Å². The van der Waals surface area contributed by atoms with Crippen molar-refractivity contribution in [3.63, 3.8) is 0 Å². The molecule has 6 heteroatoms. The smallest absolute Gasteiger partial charge is 0.242 e. The second-order valence-corrected chi connectivity index (χ2v) is 10.5. The van der Waals surface area contributed by atoms with Gasteiger partial charge >= 0.3 is 0 Å². The molecule has 2 aromatic carbocycles. The summed E-state index contributed by atoms with van der Waals surface area (Å²) in [6, 6.07) is 14.7. The average Bonchev–Trinajstić information content (AvgIpc) is 3.43. The molecule has 5 rings (SSSR count). The fourth-order valence-corrected chi connectivity index (χ4v) is 5.52. The van der Waals surface area contributed by atoms with Crippen molar-refractivity contribution in [1.29, 1.82) is 0 Å². The third-order valence-corrected chi connectivity index (χ3v) is 7.82. The third-order valence-electron chi connectivity index (χ3n) is 7.82. The van der Waals surface area contributed by atoms with Gasteiger partial charge in [0.05, 0.1) is 0 Å². The van der Waals surface area contributed by atoms with Gasteiger partial charge in [-0.25, -0.2) is 4.39 Å². The number of carbonyl (C=O) groups excluding carboxylic acids is 2. The summed E-state index contributed by atoms with van der Waals surface area (Å²) in [6.07, 6.45) is 11.2. The lowest BCUT2D eigenvalue weighted by atomic mass is 10.0. The van der Waals surface area contributed by atoms with Gasteiger partial charge in [-0.05, 0) is 60.9 Å². The molecule has 2 amide bonds. The normalized spacial score (nSPS) is 15.9. The predicted octanol–water partition coefficient (Wildman–Crippen LogP) is 5.84. The quantitative estimate of drug-likeness (QED) is 0.368. The van der Waals surface area contributed by atoms with Gasteiger partial charge in [-0.2, -0.15) is 0 Å². The first-order chi connectivity index (χ1) is 17.6. The van der Waals surface area contributed by atoms with Gasteiger partial charge in [-0.1, -0.05) is 56.0 Å². The molecule has 0 saturated heterocycles. The third kappa shape index (κ3) is 6.15. The van der Waals surface area contributed by atoms with Crippen molar-refractivity contribution in [2.45, 2.75) is 70.4 Å². The zero-order valence-corrected chi connectivity index (χ0v) is 20.9. The number of benzene rings is 2. The lowest BCUT2D eigenvalue weighted by Crippen LogP contribution is -2.44. The fraction of sp³-hybridized carbons (Fsp3) is 0.467. The molecule has 0 unspecified atom stereocenters. The average molecular weight is 490 g/mol. The Morgan fingerprint density at radius 2 is 1.69 bits per heavy atom. The van der Waals surface area contributed by atoms with Crippen LogP contribution < -0.4 is 0 Å². The van der Waals surface area contributed by atoms with Gasteiger partial charge in [0, 0.05) is 42.7 Å². The van der Waals surface area contributed by atoms with Crippen LogP contribution in [0.2, 0.25) is 0 Å². The molecule has 36 heavy (non-hydrogen) atoms. The van der Waals surface area contributed by atoms with Crippen molar-refractivity contribution in [2.24, 2.45) is 5.92 Å². The number of fused-ring (bicyclic) bond motifs is 1. The monoisotopic (exact) mass is 489 g/mol. The Kier molecular flexibility index (Phi) is 7.69. The van der Waals surface area contributed by atoms with E-state index in [-0.39, 0.29) is 30.2 Å². The molecule has 2 aliphatic carbocycles. The van der Waals surface area contributed by atoms with Gasteiger partial charge < -0.3 is 14.8 Å². The number of aromatic nitrogens is 1. The van der Waals surface area contributed by atoms with E-state index in [1.54, 1.807) is 12.1 Å². The maximum atomic E-state index is 13.6. The van der Waals surface area contributed by atoms with Crippen molar-refractivity contribution in [2.75, 3.05) is 13.1 Å². The van der Waals surface area contributed by atoms with Gasteiger partial charge in [-0.15, -0.1) is 0 Å². The van der Waals surface area contributed by atoms with E-state index in [1.165, 1.54) is 37.8 Å². The summed E-state index contributed by atoms with van der Waals surface area (Å²) in [4.78, 5) is 33.7. The minimum atomic E-state index is -0.289. The molecule has 0 radical (unpaired) electrons. The maximum Gasteiger partial charge on any atom is 0.242 e. The first kappa shape index (κ1) is 24.5. The van der Waals surface area contributed by atoms with Crippen LogP contribution in [-0.4, -0.2) is 45.7 Å². The molecular formula is C30H36FN3O2. The summed E-state index contributed by atoms with van der Waals surface area (Å²) >= 11 is 0. The Bertz CT molecular complexity index is 1180. The summed E-state index contributed by atoms with van der Waals surface area (Å²) in [5.41, 5.74) is 3.13. The lowest BCUT2D eigenvalue weighted by Gasteiger charge is -2.28. The molecule has 0 spiro atoms. The molecular weight excluding hydrogens is 453 g/mol. The number of nitrogens with zero attached hydrogens (tertiary/aromatic N) is 2. The standard InChI is InChI=1S/C30H36FN3O2/c31-25-12-9-23(10-13-25)20-33(18-17-24-19-32-28-8-4-3-7-27(24)28)30(36)21-34(26-14-15-26)29(35)16-11-22-5-1-2-6-22/h3-4,7-10,12-13,19,22,26,32H,1-2,5-6,11,14-18,20-21H2. The summed E-state index contributed by atoms with van der Waals surface area (Å²) in [7, 11) is 0. The number of nitrogens with one attached hydrogen (secondary N) is 1. The number of rotatable bonds is 11. The number of hydrogen-bond acceptors (Lipinski definition) is 2. The Balaban J connectivity index is 1.27. The van der Waals surface area contributed by atoms with Gasteiger partial charge in [-0.3, -0.25) is 9.59 Å². The summed E-state index contributed by atoms with van der Waals surface area (Å²) in [6.45, 7) is 1.06. The number of amides is 2. The molecule has 2 fully saturated rings. The molecule has 0 bridgehead atoms. The predicted molar refractivity (Wildman–Crippen MR) is 140 cm³/mol. The molecule has 1 aromatic heterocycles. The van der Waals surface area contributed by atoms with Crippen LogP contribution in [0.25, 0.3) is 10.9 Å². The van der Waals surface area contributed by atoms with E-state index < -0.39 is 0 Å². The highest BCUT2D eigenvalue weighted by molar-refractivity contribution is 5.86. The van der Waals surface area contributed by atoms with Gasteiger partial charge in [0.2, 0.25) is 11.8 Å². The fourth-order valence-electron chi connectivity index (χ4n) is 5.52. The number of carbonyl (C=O) groups is 2. The molecule has 190 valence electrons. The molecule has 0 aliphatic heterocycles. The first-order valence-corrected chi connectivity index (χ1v) is 13.4. The molecule has 0 atom stereocenters. The number of aromatic amines is 1. The van der Waals surface area contributed by atoms with Crippen LogP contribution >= 0.6 is 0 Å². The zero-order chi connectivity index (χ0) is 24.9. The molecule has 2 saturated carbocycles. The number of hydrogen-bond donors (Lipinski definition) is 1.